The van der Waals surface area contributed by atoms with Crippen LogP contribution in [0.1, 0.15) is 0 Å². The maximum atomic E-state index is 10.8. The molecule has 0 spiro atoms. The zero-order valence-electron chi connectivity index (χ0n) is 10.6. The quantitative estimate of drug-likeness (QED) is 0.739. The molecule has 0 amide bonds. The summed E-state index contributed by atoms with van der Waals surface area (Å²) in [6.45, 7) is 0.432. The van der Waals surface area contributed by atoms with Gasteiger partial charge in [0.15, 0.2) is 0 Å². The van der Waals surface area contributed by atoms with Crippen LogP contribution >= 0.6 is 0 Å². The van der Waals surface area contributed by atoms with Crippen molar-refractivity contribution in [3.05, 3.63) is 18.2 Å². The Hall–Kier alpha value is -1.47. The molecule has 0 aromatic heterocycles. The van der Waals surface area contributed by atoms with E-state index in [0.717, 1.165) is 6.26 Å². The normalized spacial score (nSPS) is 11.1. The van der Waals surface area contributed by atoms with E-state index in [1.165, 1.54) is 0 Å². The number of rotatable bonds is 7. The summed E-state index contributed by atoms with van der Waals surface area (Å²) < 4.78 is 39.6. The minimum Gasteiger partial charge on any atom is -0.496 e. The second-order valence-corrected chi connectivity index (χ2v) is 5.40. The Labute approximate surface area is 107 Å². The van der Waals surface area contributed by atoms with Crippen molar-refractivity contribution in [2.75, 3.05) is 33.6 Å². The first kappa shape index (κ1) is 14.6. The fraction of sp³-hybridized carbons (Fsp3) is 0.455. The van der Waals surface area contributed by atoms with E-state index in [0.29, 0.717) is 17.2 Å². The monoisotopic (exact) mass is 275 g/mol. The highest BCUT2D eigenvalue weighted by molar-refractivity contribution is 7.88. The lowest BCUT2D eigenvalue weighted by Crippen LogP contribution is -2.26. The minimum absolute atomic E-state index is 0.207. The van der Waals surface area contributed by atoms with Crippen LogP contribution in [-0.2, 0) is 10.0 Å². The molecule has 0 aliphatic rings. The number of nitrogens with one attached hydrogen (secondary N) is 1. The van der Waals surface area contributed by atoms with E-state index in [1.54, 1.807) is 32.4 Å². The third kappa shape index (κ3) is 5.24. The summed E-state index contributed by atoms with van der Waals surface area (Å²) in [6, 6.07) is 5.12. The van der Waals surface area contributed by atoms with Gasteiger partial charge in [0.05, 0.1) is 20.5 Å². The molecule has 0 aliphatic heterocycles. The number of hydrogen-bond acceptors (Lipinski definition) is 5. The van der Waals surface area contributed by atoms with Gasteiger partial charge >= 0.3 is 0 Å². The first-order chi connectivity index (χ1) is 8.44. The molecule has 1 aromatic carbocycles. The zero-order valence-corrected chi connectivity index (χ0v) is 11.4. The summed E-state index contributed by atoms with van der Waals surface area (Å²) in [5.41, 5.74) is 0. The highest BCUT2D eigenvalue weighted by atomic mass is 32.2. The van der Waals surface area contributed by atoms with Gasteiger partial charge in [-0.3, -0.25) is 0 Å². The van der Waals surface area contributed by atoms with E-state index >= 15 is 0 Å². The van der Waals surface area contributed by atoms with Crippen molar-refractivity contribution in [1.82, 2.24) is 4.72 Å². The standard InChI is InChI=1S/C11H17NO5S/c1-15-9-6-10(16-2)8-11(7-9)17-5-4-12-18(3,13)14/h6-8,12H,4-5H2,1-3H3. The van der Waals surface area contributed by atoms with Gasteiger partial charge in [0.2, 0.25) is 10.0 Å². The van der Waals surface area contributed by atoms with Crippen LogP contribution < -0.4 is 18.9 Å². The molecule has 0 saturated carbocycles. The largest absolute Gasteiger partial charge is 0.496 e. The van der Waals surface area contributed by atoms with Gasteiger partial charge in [0.25, 0.3) is 0 Å². The number of methoxy groups -OCH3 is 2. The van der Waals surface area contributed by atoms with Crippen molar-refractivity contribution in [2.24, 2.45) is 0 Å². The first-order valence-electron chi connectivity index (χ1n) is 5.25. The van der Waals surface area contributed by atoms with Crippen LogP contribution in [-0.4, -0.2) is 42.0 Å². The second-order valence-electron chi connectivity index (χ2n) is 3.56. The molecule has 1 rings (SSSR count). The lowest BCUT2D eigenvalue weighted by molar-refractivity contribution is 0.316. The highest BCUT2D eigenvalue weighted by Crippen LogP contribution is 2.27. The average Bonchev–Trinajstić information content (AvgIpc) is 2.33. The molecule has 7 heteroatoms. The molecule has 0 atom stereocenters. The molecule has 102 valence electrons. The van der Waals surface area contributed by atoms with Crippen molar-refractivity contribution in [2.45, 2.75) is 0 Å². The van der Waals surface area contributed by atoms with Gasteiger partial charge in [-0.05, 0) is 0 Å². The maximum Gasteiger partial charge on any atom is 0.208 e. The molecule has 0 aliphatic carbocycles. The Morgan fingerprint density at radius 3 is 2.00 bits per heavy atom. The molecule has 0 heterocycles. The van der Waals surface area contributed by atoms with Crippen molar-refractivity contribution in [3.63, 3.8) is 0 Å². The maximum absolute atomic E-state index is 10.8. The third-order valence-electron chi connectivity index (χ3n) is 2.06. The molecule has 18 heavy (non-hydrogen) atoms. The fourth-order valence-corrected chi connectivity index (χ4v) is 1.71. The lowest BCUT2D eigenvalue weighted by atomic mass is 10.3. The molecule has 0 unspecified atom stereocenters. The summed E-state index contributed by atoms with van der Waals surface area (Å²) >= 11 is 0. The van der Waals surface area contributed by atoms with Gasteiger partial charge in [-0.25, -0.2) is 13.1 Å². The molecule has 1 N–H and O–H groups in total. The number of benzene rings is 1. The summed E-state index contributed by atoms with van der Waals surface area (Å²) in [5.74, 6) is 1.78. The minimum atomic E-state index is -3.18. The van der Waals surface area contributed by atoms with Crippen LogP contribution in [0.3, 0.4) is 0 Å². The Bertz CT molecular complexity index is 464. The van der Waals surface area contributed by atoms with Gasteiger partial charge in [-0.1, -0.05) is 0 Å². The molecule has 0 bridgehead atoms. The van der Waals surface area contributed by atoms with Crippen LogP contribution in [0.4, 0.5) is 0 Å². The van der Waals surface area contributed by atoms with Crippen LogP contribution in [0.5, 0.6) is 17.2 Å². The zero-order chi connectivity index (χ0) is 13.6. The Morgan fingerprint density at radius 2 is 1.56 bits per heavy atom. The highest BCUT2D eigenvalue weighted by Gasteiger charge is 2.04. The summed E-state index contributed by atoms with van der Waals surface area (Å²) in [5, 5.41) is 0. The van der Waals surface area contributed by atoms with Gasteiger partial charge in [0.1, 0.15) is 23.9 Å². The third-order valence-corrected chi connectivity index (χ3v) is 2.79. The Morgan fingerprint density at radius 1 is 1.06 bits per heavy atom. The SMILES string of the molecule is COc1cc(OC)cc(OCCNS(C)(=O)=O)c1. The summed E-state index contributed by atoms with van der Waals surface area (Å²) in [7, 11) is -0.0928. The van der Waals surface area contributed by atoms with E-state index in [2.05, 4.69) is 4.72 Å². The molecule has 6 nitrogen and oxygen atoms in total. The van der Waals surface area contributed by atoms with Gasteiger partial charge < -0.3 is 14.2 Å². The number of ether oxygens (including phenoxy) is 3. The van der Waals surface area contributed by atoms with E-state index < -0.39 is 10.0 Å². The molecule has 0 saturated heterocycles. The summed E-state index contributed by atoms with van der Waals surface area (Å²) in [6.07, 6.45) is 1.10. The van der Waals surface area contributed by atoms with Crippen LogP contribution in [0.15, 0.2) is 18.2 Å². The van der Waals surface area contributed by atoms with Crippen LogP contribution in [0.25, 0.3) is 0 Å². The Kier molecular flexibility index (Phi) is 5.24. The van der Waals surface area contributed by atoms with Gasteiger partial charge in [0, 0.05) is 24.7 Å². The molecular formula is C11H17NO5S. The number of sulfonamides is 1. The second kappa shape index (κ2) is 6.46. The van der Waals surface area contributed by atoms with E-state index in [4.69, 9.17) is 14.2 Å². The number of hydrogen-bond donors (Lipinski definition) is 1. The van der Waals surface area contributed by atoms with Gasteiger partial charge in [-0.15, -0.1) is 0 Å². The van der Waals surface area contributed by atoms with Crippen molar-refractivity contribution in [1.29, 1.82) is 0 Å². The average molecular weight is 275 g/mol. The van der Waals surface area contributed by atoms with E-state index in [1.807, 2.05) is 0 Å². The Balaban J connectivity index is 2.56. The van der Waals surface area contributed by atoms with E-state index in [9.17, 15) is 8.42 Å². The van der Waals surface area contributed by atoms with E-state index in [-0.39, 0.29) is 13.2 Å². The molecule has 1 aromatic rings. The van der Waals surface area contributed by atoms with Crippen molar-refractivity contribution < 1.29 is 22.6 Å². The van der Waals surface area contributed by atoms with Crippen LogP contribution in [0, 0.1) is 0 Å². The smallest absolute Gasteiger partial charge is 0.208 e. The summed E-state index contributed by atoms with van der Waals surface area (Å²) in [4.78, 5) is 0. The van der Waals surface area contributed by atoms with Crippen molar-refractivity contribution in [3.8, 4) is 17.2 Å². The predicted octanol–water partition coefficient (Wildman–Crippen LogP) is 0.632. The lowest BCUT2D eigenvalue weighted by Gasteiger charge is -2.10. The van der Waals surface area contributed by atoms with Crippen LogP contribution in [0.2, 0.25) is 0 Å². The predicted molar refractivity (Wildman–Crippen MR) is 67.9 cm³/mol. The topological polar surface area (TPSA) is 73.9 Å². The molecular weight excluding hydrogens is 258 g/mol. The van der Waals surface area contributed by atoms with Crippen molar-refractivity contribution >= 4 is 10.0 Å². The van der Waals surface area contributed by atoms with Gasteiger partial charge in [-0.2, -0.15) is 0 Å². The molecule has 0 radical (unpaired) electrons. The fourth-order valence-electron chi connectivity index (χ4n) is 1.26. The first-order valence-corrected chi connectivity index (χ1v) is 7.14. The molecule has 0 fully saturated rings.